The van der Waals surface area contributed by atoms with Crippen LogP contribution in [0.1, 0.15) is 11.9 Å². The molecule has 2 aromatic carbocycles. The first kappa shape index (κ1) is 21.8. The van der Waals surface area contributed by atoms with Gasteiger partial charge in [0.25, 0.3) is 0 Å². The average Bonchev–Trinajstić information content (AvgIpc) is 3.54. The molecule has 2 atom stereocenters. The van der Waals surface area contributed by atoms with Gasteiger partial charge in [-0.3, -0.25) is 9.67 Å². The summed E-state index contributed by atoms with van der Waals surface area (Å²) in [6.07, 6.45) is 7.29. The second-order valence-electron chi connectivity index (χ2n) is 9.00. The maximum absolute atomic E-state index is 6.68. The molecular formula is C27H21ClN8O. The van der Waals surface area contributed by atoms with Crippen LogP contribution in [0.15, 0.2) is 79.4 Å². The molecule has 7 rings (SSSR count). The van der Waals surface area contributed by atoms with Crippen LogP contribution in [0.4, 0.5) is 5.82 Å². The van der Waals surface area contributed by atoms with Crippen LogP contribution >= 0.6 is 11.6 Å². The predicted molar refractivity (Wildman–Crippen MR) is 142 cm³/mol. The summed E-state index contributed by atoms with van der Waals surface area (Å²) in [6.45, 7) is 2.67. The zero-order valence-electron chi connectivity index (χ0n) is 19.8. The lowest BCUT2D eigenvalue weighted by Crippen LogP contribution is -2.54. The molecule has 1 N–H and O–H groups in total. The Morgan fingerprint density at radius 3 is 2.65 bits per heavy atom. The Kier molecular flexibility index (Phi) is 5.03. The fourth-order valence-corrected chi connectivity index (χ4v) is 4.95. The normalized spacial score (nSPS) is 17.3. The van der Waals surface area contributed by atoms with E-state index in [0.717, 1.165) is 57.3 Å². The number of nitrogens with one attached hydrogen (secondary N) is 1. The van der Waals surface area contributed by atoms with Crippen molar-refractivity contribution in [2.45, 2.75) is 18.5 Å². The molecule has 4 aromatic heterocycles. The van der Waals surface area contributed by atoms with Gasteiger partial charge in [-0.25, -0.2) is 15.0 Å². The highest BCUT2D eigenvalue weighted by Crippen LogP contribution is 2.36. The summed E-state index contributed by atoms with van der Waals surface area (Å²) in [5.74, 6) is 3.13. The van der Waals surface area contributed by atoms with E-state index in [1.54, 1.807) is 18.6 Å². The van der Waals surface area contributed by atoms with Crippen molar-refractivity contribution < 1.29 is 4.74 Å². The highest BCUT2D eigenvalue weighted by Gasteiger charge is 2.40. The molecule has 0 aliphatic carbocycles. The maximum Gasteiger partial charge on any atom is 0.129 e. The number of nitrogens with zero attached hydrogens (tertiary/aromatic N) is 7. The molecule has 1 aliphatic heterocycles. The SMILES string of the molecule is Cc1nc2ccc(Oc3ccc4ncc(-c5cnn(C6CN(c7ccccn7)C6Cl)c5)nc4c3)cc2[nH]1. The number of imidazole rings is 1. The Morgan fingerprint density at radius 2 is 1.81 bits per heavy atom. The summed E-state index contributed by atoms with van der Waals surface area (Å²) in [5.41, 5.74) is 4.75. The minimum Gasteiger partial charge on any atom is -0.457 e. The molecular weight excluding hydrogens is 488 g/mol. The van der Waals surface area contributed by atoms with Crippen molar-refractivity contribution in [1.29, 1.82) is 0 Å². The van der Waals surface area contributed by atoms with Crippen LogP contribution in [0, 0.1) is 6.92 Å². The maximum atomic E-state index is 6.68. The summed E-state index contributed by atoms with van der Waals surface area (Å²) >= 11 is 6.68. The molecule has 1 saturated heterocycles. The van der Waals surface area contributed by atoms with E-state index in [1.165, 1.54) is 0 Å². The second-order valence-corrected chi connectivity index (χ2v) is 9.45. The second kappa shape index (κ2) is 8.56. The Morgan fingerprint density at radius 1 is 0.946 bits per heavy atom. The van der Waals surface area contributed by atoms with Crippen molar-refractivity contribution in [3.05, 3.63) is 85.2 Å². The van der Waals surface area contributed by atoms with Gasteiger partial charge in [-0.1, -0.05) is 17.7 Å². The van der Waals surface area contributed by atoms with Crippen LogP contribution < -0.4 is 9.64 Å². The molecule has 0 saturated carbocycles. The number of pyridine rings is 1. The van der Waals surface area contributed by atoms with E-state index in [-0.39, 0.29) is 11.5 Å². The first-order valence-corrected chi connectivity index (χ1v) is 12.3. The monoisotopic (exact) mass is 508 g/mol. The van der Waals surface area contributed by atoms with E-state index >= 15 is 0 Å². The fourth-order valence-electron chi connectivity index (χ4n) is 4.57. The van der Waals surface area contributed by atoms with Gasteiger partial charge in [-0.2, -0.15) is 5.10 Å². The fraction of sp³-hybridized carbons (Fsp3) is 0.148. The van der Waals surface area contributed by atoms with Gasteiger partial charge < -0.3 is 14.6 Å². The third-order valence-corrected chi connectivity index (χ3v) is 7.03. The molecule has 10 heteroatoms. The predicted octanol–water partition coefficient (Wildman–Crippen LogP) is 5.49. The standard InChI is InChI=1S/C27H21ClN8O/c1-16-32-21-8-6-19(11-23(21)33-16)37-18-5-7-20-22(10-18)34-24(13-30-20)17-12-31-36(14-17)25-15-35(27(25)28)26-4-2-3-9-29-26/h2-14,25,27H,15H2,1H3,(H,32,33). The lowest BCUT2D eigenvalue weighted by atomic mass is 10.1. The van der Waals surface area contributed by atoms with Crippen molar-refractivity contribution in [1.82, 2.24) is 34.7 Å². The first-order valence-electron chi connectivity index (χ1n) is 11.9. The van der Waals surface area contributed by atoms with E-state index in [9.17, 15) is 0 Å². The molecule has 5 heterocycles. The van der Waals surface area contributed by atoms with E-state index in [2.05, 4.69) is 29.9 Å². The number of anilines is 1. The molecule has 0 spiro atoms. The van der Waals surface area contributed by atoms with Crippen molar-refractivity contribution in [3.8, 4) is 22.8 Å². The number of aromatic amines is 1. The number of aryl methyl sites for hydroxylation is 1. The van der Waals surface area contributed by atoms with Crippen LogP contribution in [0.25, 0.3) is 33.3 Å². The molecule has 37 heavy (non-hydrogen) atoms. The third-order valence-electron chi connectivity index (χ3n) is 6.50. The summed E-state index contributed by atoms with van der Waals surface area (Å²) < 4.78 is 8.00. The zero-order chi connectivity index (χ0) is 24.9. The Labute approximate surface area is 216 Å². The summed E-state index contributed by atoms with van der Waals surface area (Å²) in [6, 6.07) is 17.3. The van der Waals surface area contributed by atoms with Gasteiger partial charge in [0.2, 0.25) is 0 Å². The number of aromatic nitrogens is 7. The summed E-state index contributed by atoms with van der Waals surface area (Å²) in [7, 11) is 0. The number of halogens is 1. The number of benzene rings is 2. The van der Waals surface area contributed by atoms with Crippen molar-refractivity contribution in [2.75, 3.05) is 11.4 Å². The first-order chi connectivity index (χ1) is 18.1. The highest BCUT2D eigenvalue weighted by molar-refractivity contribution is 6.23. The number of hydrogen-bond donors (Lipinski definition) is 1. The molecule has 2 unspecified atom stereocenters. The molecule has 6 aromatic rings. The van der Waals surface area contributed by atoms with Crippen LogP contribution in [0.2, 0.25) is 0 Å². The molecule has 1 aliphatic rings. The topological polar surface area (TPSA) is 97.6 Å². The van der Waals surface area contributed by atoms with Crippen LogP contribution in [-0.4, -0.2) is 46.7 Å². The average molecular weight is 509 g/mol. The molecule has 1 fully saturated rings. The van der Waals surface area contributed by atoms with Gasteiger partial charge in [0.15, 0.2) is 0 Å². The number of fused-ring (bicyclic) bond motifs is 2. The van der Waals surface area contributed by atoms with Crippen molar-refractivity contribution >= 4 is 39.5 Å². The number of ether oxygens (including phenoxy) is 1. The molecule has 0 bridgehead atoms. The smallest absolute Gasteiger partial charge is 0.129 e. The number of rotatable bonds is 5. The van der Waals surface area contributed by atoms with E-state index in [1.807, 2.05) is 72.4 Å². The Hall–Kier alpha value is -4.50. The minimum atomic E-state index is -0.227. The lowest BCUT2D eigenvalue weighted by molar-refractivity contribution is 0.335. The summed E-state index contributed by atoms with van der Waals surface area (Å²) in [4.78, 5) is 23.5. The van der Waals surface area contributed by atoms with Gasteiger partial charge in [0.1, 0.15) is 34.7 Å². The number of alkyl halides is 1. The van der Waals surface area contributed by atoms with E-state index in [4.69, 9.17) is 21.3 Å². The molecule has 9 nitrogen and oxygen atoms in total. The molecule has 182 valence electrons. The van der Waals surface area contributed by atoms with Gasteiger partial charge in [-0.15, -0.1) is 0 Å². The number of H-pyrrole nitrogens is 1. The van der Waals surface area contributed by atoms with Gasteiger partial charge in [0, 0.05) is 36.6 Å². The summed E-state index contributed by atoms with van der Waals surface area (Å²) in [5, 5.41) is 4.56. The van der Waals surface area contributed by atoms with Crippen LogP contribution in [-0.2, 0) is 0 Å². The van der Waals surface area contributed by atoms with Crippen molar-refractivity contribution in [3.63, 3.8) is 0 Å². The van der Waals surface area contributed by atoms with E-state index < -0.39 is 0 Å². The van der Waals surface area contributed by atoms with Crippen LogP contribution in [0.3, 0.4) is 0 Å². The Balaban J connectivity index is 1.12. The third kappa shape index (κ3) is 3.93. The van der Waals surface area contributed by atoms with Crippen molar-refractivity contribution in [2.24, 2.45) is 0 Å². The minimum absolute atomic E-state index is 0.0434. The zero-order valence-corrected chi connectivity index (χ0v) is 20.5. The molecule has 0 amide bonds. The largest absolute Gasteiger partial charge is 0.457 e. The highest BCUT2D eigenvalue weighted by atomic mass is 35.5. The quantitative estimate of drug-likeness (QED) is 0.243. The van der Waals surface area contributed by atoms with E-state index in [0.29, 0.717) is 5.75 Å². The number of hydrogen-bond acceptors (Lipinski definition) is 7. The van der Waals surface area contributed by atoms with Gasteiger partial charge >= 0.3 is 0 Å². The van der Waals surface area contributed by atoms with Gasteiger partial charge in [0.05, 0.1) is 40.2 Å². The lowest BCUT2D eigenvalue weighted by Gasteiger charge is -2.45. The van der Waals surface area contributed by atoms with Crippen LogP contribution in [0.5, 0.6) is 11.5 Å². The van der Waals surface area contributed by atoms with Gasteiger partial charge in [-0.05, 0) is 43.3 Å². The Bertz CT molecular complexity index is 1750. The molecule has 0 radical (unpaired) electrons.